The number of carbonyl (C=O) groups excluding carboxylic acids is 2. The zero-order chi connectivity index (χ0) is 22.7. The van der Waals surface area contributed by atoms with Crippen molar-refractivity contribution in [1.29, 1.82) is 0 Å². The predicted octanol–water partition coefficient (Wildman–Crippen LogP) is 2.84. The number of likely N-dealkylation sites (tertiary alicyclic amines) is 1. The van der Waals surface area contributed by atoms with Crippen LogP contribution in [-0.2, 0) is 21.2 Å². The monoisotopic (exact) mass is 475 g/mol. The first kappa shape index (κ1) is 22.9. The second-order valence-electron chi connectivity index (χ2n) is 8.26. The van der Waals surface area contributed by atoms with Gasteiger partial charge in [0.1, 0.15) is 6.04 Å². The Balaban J connectivity index is 1.38. The van der Waals surface area contributed by atoms with Gasteiger partial charge in [0, 0.05) is 32.7 Å². The molecule has 0 bridgehead atoms. The highest BCUT2D eigenvalue weighted by Gasteiger charge is 2.39. The highest BCUT2D eigenvalue weighted by Crippen LogP contribution is 2.25. The third kappa shape index (κ3) is 4.60. The highest BCUT2D eigenvalue weighted by molar-refractivity contribution is 7.89. The van der Waals surface area contributed by atoms with Crippen LogP contribution in [0.2, 0.25) is 0 Å². The van der Waals surface area contributed by atoms with Gasteiger partial charge >= 0.3 is 0 Å². The fourth-order valence-electron chi connectivity index (χ4n) is 4.43. The van der Waals surface area contributed by atoms with Crippen LogP contribution in [0, 0.1) is 0 Å². The van der Waals surface area contributed by atoms with Crippen molar-refractivity contribution < 1.29 is 18.0 Å². The van der Waals surface area contributed by atoms with E-state index in [1.807, 2.05) is 23.6 Å². The molecule has 1 aromatic carbocycles. The molecule has 1 unspecified atom stereocenters. The molecule has 2 saturated heterocycles. The Morgan fingerprint density at radius 3 is 2.38 bits per heavy atom. The number of rotatable bonds is 6. The Morgan fingerprint density at radius 2 is 1.75 bits per heavy atom. The molecule has 0 saturated carbocycles. The van der Waals surface area contributed by atoms with E-state index in [1.54, 1.807) is 28.0 Å². The van der Waals surface area contributed by atoms with E-state index in [0.717, 1.165) is 24.8 Å². The molecule has 172 valence electrons. The van der Waals surface area contributed by atoms with Gasteiger partial charge in [0.25, 0.3) is 5.91 Å². The van der Waals surface area contributed by atoms with Crippen molar-refractivity contribution in [2.75, 3.05) is 32.7 Å². The number of nitrogens with zero attached hydrogens (tertiary/aromatic N) is 3. The predicted molar refractivity (Wildman–Crippen MR) is 124 cm³/mol. The van der Waals surface area contributed by atoms with Gasteiger partial charge in [0.2, 0.25) is 15.9 Å². The van der Waals surface area contributed by atoms with Gasteiger partial charge < -0.3 is 9.80 Å². The number of amides is 2. The number of benzene rings is 1. The number of aryl methyl sites for hydroxylation is 1. The lowest BCUT2D eigenvalue weighted by molar-refractivity contribution is -0.136. The van der Waals surface area contributed by atoms with E-state index in [2.05, 4.69) is 6.92 Å². The van der Waals surface area contributed by atoms with E-state index in [9.17, 15) is 18.0 Å². The number of thiophene rings is 1. The molecular formula is C23H29N3O4S2. The van der Waals surface area contributed by atoms with Crippen LogP contribution >= 0.6 is 11.3 Å². The molecule has 2 aliphatic rings. The standard InChI is InChI=1S/C23H29N3O4S2/c1-2-5-18-8-10-19(11-9-18)32(29,30)25-15-13-24(14-16-25)22(27)20-6-3-12-26(20)23(28)21-7-4-17-31-21/h4,7-11,17,20H,2-3,5-6,12-16H2,1H3. The molecule has 0 spiro atoms. The molecule has 2 amide bonds. The maximum atomic E-state index is 13.2. The number of carbonyl (C=O) groups is 2. The minimum Gasteiger partial charge on any atom is -0.338 e. The van der Waals surface area contributed by atoms with E-state index >= 15 is 0 Å². The molecule has 0 radical (unpaired) electrons. The van der Waals surface area contributed by atoms with Crippen LogP contribution in [0.25, 0.3) is 0 Å². The maximum Gasteiger partial charge on any atom is 0.264 e. The SMILES string of the molecule is CCCc1ccc(S(=O)(=O)N2CCN(C(=O)C3CCCN3C(=O)c3cccs3)CC2)cc1. The highest BCUT2D eigenvalue weighted by atomic mass is 32.2. The van der Waals surface area contributed by atoms with Crippen LogP contribution in [0.15, 0.2) is 46.7 Å². The average molecular weight is 476 g/mol. The van der Waals surface area contributed by atoms with Gasteiger partial charge in [-0.2, -0.15) is 4.31 Å². The Kier molecular flexibility index (Phi) is 6.97. The van der Waals surface area contributed by atoms with Crippen LogP contribution in [-0.4, -0.2) is 73.1 Å². The van der Waals surface area contributed by atoms with Crippen molar-refractivity contribution in [2.45, 2.75) is 43.5 Å². The van der Waals surface area contributed by atoms with E-state index in [4.69, 9.17) is 0 Å². The lowest BCUT2D eigenvalue weighted by Crippen LogP contribution is -2.55. The van der Waals surface area contributed by atoms with Crippen LogP contribution in [0.3, 0.4) is 0 Å². The normalized spacial score (nSPS) is 20.0. The minimum absolute atomic E-state index is 0.0756. The van der Waals surface area contributed by atoms with Crippen LogP contribution < -0.4 is 0 Å². The van der Waals surface area contributed by atoms with Gasteiger partial charge in [-0.15, -0.1) is 11.3 Å². The van der Waals surface area contributed by atoms with E-state index in [0.29, 0.717) is 35.8 Å². The maximum absolute atomic E-state index is 13.2. The van der Waals surface area contributed by atoms with E-state index in [1.165, 1.54) is 15.6 Å². The molecule has 0 N–H and O–H groups in total. The first-order valence-electron chi connectivity index (χ1n) is 11.1. The average Bonchev–Trinajstić information content (AvgIpc) is 3.51. The van der Waals surface area contributed by atoms with Gasteiger partial charge in [0.15, 0.2) is 0 Å². The lowest BCUT2D eigenvalue weighted by Gasteiger charge is -2.36. The van der Waals surface area contributed by atoms with Crippen molar-refractivity contribution in [3.05, 3.63) is 52.2 Å². The quantitative estimate of drug-likeness (QED) is 0.644. The fraction of sp³-hybridized carbons (Fsp3) is 0.478. The molecule has 3 heterocycles. The summed E-state index contributed by atoms with van der Waals surface area (Å²) in [5, 5.41) is 1.86. The Hall–Kier alpha value is -2.23. The molecule has 4 rings (SSSR count). The van der Waals surface area contributed by atoms with Gasteiger partial charge in [0.05, 0.1) is 9.77 Å². The van der Waals surface area contributed by atoms with Gasteiger partial charge in [-0.05, 0) is 48.4 Å². The second-order valence-corrected chi connectivity index (χ2v) is 11.1. The van der Waals surface area contributed by atoms with Gasteiger partial charge in [-0.25, -0.2) is 8.42 Å². The summed E-state index contributed by atoms with van der Waals surface area (Å²) in [6.07, 6.45) is 3.39. The molecule has 32 heavy (non-hydrogen) atoms. The summed E-state index contributed by atoms with van der Waals surface area (Å²) in [5.74, 6) is -0.169. The molecule has 2 aliphatic heterocycles. The molecule has 1 aromatic heterocycles. The third-order valence-corrected chi connectivity index (χ3v) is 8.95. The minimum atomic E-state index is -3.58. The van der Waals surface area contributed by atoms with Crippen molar-refractivity contribution >= 4 is 33.2 Å². The summed E-state index contributed by atoms with van der Waals surface area (Å²) < 4.78 is 27.5. The summed E-state index contributed by atoms with van der Waals surface area (Å²) in [4.78, 5) is 30.3. The molecule has 2 aromatic rings. The molecule has 0 aliphatic carbocycles. The smallest absolute Gasteiger partial charge is 0.264 e. The molecular weight excluding hydrogens is 446 g/mol. The molecule has 7 nitrogen and oxygen atoms in total. The van der Waals surface area contributed by atoms with E-state index in [-0.39, 0.29) is 24.9 Å². The van der Waals surface area contributed by atoms with Crippen molar-refractivity contribution in [1.82, 2.24) is 14.1 Å². The zero-order valence-corrected chi connectivity index (χ0v) is 19.9. The Bertz CT molecular complexity index is 1040. The second kappa shape index (κ2) is 9.72. The zero-order valence-electron chi connectivity index (χ0n) is 18.3. The molecule has 9 heteroatoms. The van der Waals surface area contributed by atoms with Crippen molar-refractivity contribution in [2.24, 2.45) is 0 Å². The number of piperazine rings is 1. The van der Waals surface area contributed by atoms with Crippen LogP contribution in [0.4, 0.5) is 0 Å². The van der Waals surface area contributed by atoms with Crippen molar-refractivity contribution in [3.63, 3.8) is 0 Å². The van der Waals surface area contributed by atoms with Gasteiger partial charge in [-0.1, -0.05) is 31.5 Å². The number of sulfonamides is 1. The van der Waals surface area contributed by atoms with Gasteiger partial charge in [-0.3, -0.25) is 9.59 Å². The van der Waals surface area contributed by atoms with Crippen molar-refractivity contribution in [3.8, 4) is 0 Å². The first-order valence-corrected chi connectivity index (χ1v) is 13.5. The summed E-state index contributed by atoms with van der Waals surface area (Å²) in [5.41, 5.74) is 1.13. The lowest BCUT2D eigenvalue weighted by atomic mass is 10.1. The summed E-state index contributed by atoms with van der Waals surface area (Å²) in [7, 11) is -3.58. The van der Waals surface area contributed by atoms with Crippen LogP contribution in [0.1, 0.15) is 41.4 Å². The topological polar surface area (TPSA) is 78.0 Å². The Morgan fingerprint density at radius 1 is 1.03 bits per heavy atom. The largest absolute Gasteiger partial charge is 0.338 e. The Labute approximate surface area is 193 Å². The van der Waals surface area contributed by atoms with E-state index < -0.39 is 16.1 Å². The molecule has 2 fully saturated rings. The first-order chi connectivity index (χ1) is 15.4. The summed E-state index contributed by atoms with van der Waals surface area (Å²) in [6.45, 7) is 3.86. The summed E-state index contributed by atoms with van der Waals surface area (Å²) in [6, 6.07) is 10.2. The number of hydrogen-bond acceptors (Lipinski definition) is 5. The molecule has 1 atom stereocenters. The summed E-state index contributed by atoms with van der Waals surface area (Å²) >= 11 is 1.38. The number of hydrogen-bond donors (Lipinski definition) is 0. The third-order valence-electron chi connectivity index (χ3n) is 6.18. The fourth-order valence-corrected chi connectivity index (χ4v) is 6.53. The van der Waals surface area contributed by atoms with Crippen LogP contribution in [0.5, 0.6) is 0 Å².